The average Bonchev–Trinajstić information content (AvgIpc) is 3.04. The van der Waals surface area contributed by atoms with Gasteiger partial charge in [-0.1, -0.05) is 48.3 Å². The molecule has 1 aromatic heterocycles. The number of hydrogen-bond acceptors (Lipinski definition) is 5. The summed E-state index contributed by atoms with van der Waals surface area (Å²) in [4.78, 5) is 6.80. The van der Waals surface area contributed by atoms with Crippen LogP contribution in [-0.2, 0) is 6.54 Å². The molecule has 2 atom stereocenters. The van der Waals surface area contributed by atoms with Gasteiger partial charge in [0.1, 0.15) is 0 Å². The van der Waals surface area contributed by atoms with Crippen molar-refractivity contribution in [1.82, 2.24) is 15.0 Å². The molecule has 1 fully saturated rings. The number of aliphatic hydroxyl groups excluding tert-OH is 1. The third-order valence-corrected chi connectivity index (χ3v) is 4.64. The van der Waals surface area contributed by atoms with Crippen LogP contribution in [0.25, 0.3) is 11.4 Å². The first-order chi connectivity index (χ1) is 11.2. The minimum absolute atomic E-state index is 0.198. The molecule has 2 heterocycles. The van der Waals surface area contributed by atoms with Gasteiger partial charge < -0.3 is 9.63 Å². The van der Waals surface area contributed by atoms with E-state index in [1.165, 1.54) is 12.0 Å². The molecule has 5 heteroatoms. The molecule has 1 N–H and O–H groups in total. The zero-order valence-electron chi connectivity index (χ0n) is 13.9. The maximum atomic E-state index is 10.2. The molecule has 1 saturated heterocycles. The van der Waals surface area contributed by atoms with Crippen molar-refractivity contribution in [1.29, 1.82) is 0 Å². The Balaban J connectivity index is 1.71. The van der Waals surface area contributed by atoms with Crippen LogP contribution in [0.2, 0.25) is 0 Å². The Kier molecular flexibility index (Phi) is 5.08. The Morgan fingerprint density at radius 3 is 2.83 bits per heavy atom. The number of benzene rings is 1. The molecule has 0 bridgehead atoms. The first-order valence-electron chi connectivity index (χ1n) is 8.49. The molecule has 1 aliphatic heterocycles. The van der Waals surface area contributed by atoms with E-state index in [0.717, 1.165) is 31.4 Å². The second-order valence-corrected chi connectivity index (χ2v) is 6.39. The summed E-state index contributed by atoms with van der Waals surface area (Å²) in [5.41, 5.74) is 2.18. The SMILES string of the molecule is CCC(O)C1CCCCN1Cc1nc(-c2ccc(C)cc2)no1. The molecule has 1 aromatic carbocycles. The van der Waals surface area contributed by atoms with Crippen LogP contribution in [0.4, 0.5) is 0 Å². The van der Waals surface area contributed by atoms with E-state index in [4.69, 9.17) is 4.52 Å². The van der Waals surface area contributed by atoms with Gasteiger partial charge in [0.25, 0.3) is 0 Å². The number of aryl methyl sites for hydroxylation is 1. The van der Waals surface area contributed by atoms with Gasteiger partial charge >= 0.3 is 0 Å². The van der Waals surface area contributed by atoms with Gasteiger partial charge in [-0.05, 0) is 32.7 Å². The molecule has 0 saturated carbocycles. The fraction of sp³-hybridized carbons (Fsp3) is 0.556. The van der Waals surface area contributed by atoms with Crippen molar-refractivity contribution in [3.63, 3.8) is 0 Å². The van der Waals surface area contributed by atoms with Crippen molar-refractivity contribution in [2.24, 2.45) is 0 Å². The summed E-state index contributed by atoms with van der Waals surface area (Å²) in [6, 6.07) is 8.31. The lowest BCUT2D eigenvalue weighted by Gasteiger charge is -2.37. The van der Waals surface area contributed by atoms with E-state index < -0.39 is 0 Å². The zero-order valence-corrected chi connectivity index (χ0v) is 13.9. The monoisotopic (exact) mass is 315 g/mol. The summed E-state index contributed by atoms with van der Waals surface area (Å²) in [6.07, 6.45) is 3.87. The summed E-state index contributed by atoms with van der Waals surface area (Å²) in [7, 11) is 0. The Morgan fingerprint density at radius 1 is 1.30 bits per heavy atom. The van der Waals surface area contributed by atoms with Crippen molar-refractivity contribution in [2.45, 2.75) is 58.2 Å². The van der Waals surface area contributed by atoms with E-state index in [1.54, 1.807) is 0 Å². The minimum atomic E-state index is -0.283. The Labute approximate surface area is 137 Å². The van der Waals surface area contributed by atoms with Crippen LogP contribution in [-0.4, -0.2) is 38.8 Å². The first-order valence-corrected chi connectivity index (χ1v) is 8.49. The lowest BCUT2D eigenvalue weighted by molar-refractivity contribution is 0.0145. The highest BCUT2D eigenvalue weighted by atomic mass is 16.5. The average molecular weight is 315 g/mol. The van der Waals surface area contributed by atoms with Gasteiger partial charge in [-0.15, -0.1) is 0 Å². The molecule has 0 spiro atoms. The van der Waals surface area contributed by atoms with Gasteiger partial charge in [0, 0.05) is 11.6 Å². The van der Waals surface area contributed by atoms with Crippen molar-refractivity contribution in [3.8, 4) is 11.4 Å². The van der Waals surface area contributed by atoms with E-state index in [9.17, 15) is 5.11 Å². The summed E-state index contributed by atoms with van der Waals surface area (Å²) in [5, 5.41) is 14.3. The third kappa shape index (κ3) is 3.79. The highest BCUT2D eigenvalue weighted by Crippen LogP contribution is 2.24. The smallest absolute Gasteiger partial charge is 0.241 e. The maximum absolute atomic E-state index is 10.2. The van der Waals surface area contributed by atoms with Crippen molar-refractivity contribution in [3.05, 3.63) is 35.7 Å². The second-order valence-electron chi connectivity index (χ2n) is 6.39. The first kappa shape index (κ1) is 16.1. The number of piperidine rings is 1. The Morgan fingerprint density at radius 2 is 2.09 bits per heavy atom. The number of hydrogen-bond donors (Lipinski definition) is 1. The molecule has 1 aliphatic rings. The molecule has 3 rings (SSSR count). The second kappa shape index (κ2) is 7.23. The summed E-state index contributed by atoms with van der Waals surface area (Å²) in [6.45, 7) is 5.67. The van der Waals surface area contributed by atoms with Crippen LogP contribution < -0.4 is 0 Å². The highest BCUT2D eigenvalue weighted by Gasteiger charge is 2.29. The van der Waals surface area contributed by atoms with Gasteiger partial charge in [-0.2, -0.15) is 4.98 Å². The van der Waals surface area contributed by atoms with E-state index in [2.05, 4.69) is 22.0 Å². The molecule has 0 amide bonds. The lowest BCUT2D eigenvalue weighted by atomic mass is 9.96. The number of likely N-dealkylation sites (tertiary alicyclic amines) is 1. The van der Waals surface area contributed by atoms with Crippen molar-refractivity contribution >= 4 is 0 Å². The Hall–Kier alpha value is -1.72. The molecule has 0 aliphatic carbocycles. The topological polar surface area (TPSA) is 62.4 Å². The zero-order chi connectivity index (χ0) is 16.2. The van der Waals surface area contributed by atoms with Crippen LogP contribution in [0.5, 0.6) is 0 Å². The van der Waals surface area contributed by atoms with Crippen LogP contribution in [0.15, 0.2) is 28.8 Å². The quantitative estimate of drug-likeness (QED) is 0.918. The molecule has 23 heavy (non-hydrogen) atoms. The van der Waals surface area contributed by atoms with Crippen LogP contribution in [0.1, 0.15) is 44.1 Å². The molecule has 2 unspecified atom stereocenters. The van der Waals surface area contributed by atoms with Crippen LogP contribution >= 0.6 is 0 Å². The molecule has 124 valence electrons. The third-order valence-electron chi connectivity index (χ3n) is 4.64. The number of aliphatic hydroxyl groups is 1. The van der Waals surface area contributed by atoms with Gasteiger partial charge in [0.05, 0.1) is 12.6 Å². The summed E-state index contributed by atoms with van der Waals surface area (Å²) < 4.78 is 5.43. The van der Waals surface area contributed by atoms with Crippen LogP contribution in [0.3, 0.4) is 0 Å². The molecular formula is C18H25N3O2. The summed E-state index contributed by atoms with van der Waals surface area (Å²) >= 11 is 0. The molecular weight excluding hydrogens is 290 g/mol. The summed E-state index contributed by atoms with van der Waals surface area (Å²) in [5.74, 6) is 1.25. The van der Waals surface area contributed by atoms with E-state index >= 15 is 0 Å². The molecule has 0 radical (unpaired) electrons. The van der Waals surface area contributed by atoms with Gasteiger partial charge in [0.15, 0.2) is 0 Å². The van der Waals surface area contributed by atoms with E-state index in [1.807, 2.05) is 31.2 Å². The van der Waals surface area contributed by atoms with E-state index in [-0.39, 0.29) is 12.1 Å². The van der Waals surface area contributed by atoms with Gasteiger partial charge in [-0.3, -0.25) is 4.90 Å². The van der Waals surface area contributed by atoms with Gasteiger partial charge in [0.2, 0.25) is 11.7 Å². The minimum Gasteiger partial charge on any atom is -0.392 e. The fourth-order valence-corrected chi connectivity index (χ4v) is 3.23. The normalized spacial score (nSPS) is 20.6. The lowest BCUT2D eigenvalue weighted by Crippen LogP contribution is -2.46. The predicted octanol–water partition coefficient (Wildman–Crippen LogP) is 3.17. The van der Waals surface area contributed by atoms with Crippen LogP contribution in [0, 0.1) is 6.92 Å². The number of aromatic nitrogens is 2. The van der Waals surface area contributed by atoms with E-state index in [0.29, 0.717) is 18.3 Å². The maximum Gasteiger partial charge on any atom is 0.241 e. The Bertz CT molecular complexity index is 623. The van der Waals surface area contributed by atoms with Gasteiger partial charge in [-0.25, -0.2) is 0 Å². The highest BCUT2D eigenvalue weighted by molar-refractivity contribution is 5.54. The number of nitrogens with zero attached hydrogens (tertiary/aromatic N) is 3. The largest absolute Gasteiger partial charge is 0.392 e. The number of rotatable bonds is 5. The molecule has 5 nitrogen and oxygen atoms in total. The fourth-order valence-electron chi connectivity index (χ4n) is 3.23. The van der Waals surface area contributed by atoms with Crippen molar-refractivity contribution < 1.29 is 9.63 Å². The standard InChI is InChI=1S/C18H25N3O2/c1-3-16(22)15-6-4-5-11-21(15)12-17-19-18(20-23-17)14-9-7-13(2)8-10-14/h7-10,15-16,22H,3-6,11-12H2,1-2H3. The molecule has 2 aromatic rings. The predicted molar refractivity (Wildman–Crippen MR) is 88.8 cm³/mol. The van der Waals surface area contributed by atoms with Crippen molar-refractivity contribution in [2.75, 3.05) is 6.54 Å².